The molecule has 0 amide bonds. The molecule has 0 bridgehead atoms. The van der Waals surface area contributed by atoms with E-state index in [0.717, 1.165) is 11.8 Å². The highest BCUT2D eigenvalue weighted by atomic mass is 15.0. The van der Waals surface area contributed by atoms with Crippen LogP contribution in [-0.2, 0) is 0 Å². The summed E-state index contributed by atoms with van der Waals surface area (Å²) < 4.78 is 0. The molecule has 2 aliphatic carbocycles. The second-order valence-corrected chi connectivity index (χ2v) is 9.41. The molecule has 0 heterocycles. The van der Waals surface area contributed by atoms with Gasteiger partial charge in [-0.2, -0.15) is 0 Å². The van der Waals surface area contributed by atoms with Gasteiger partial charge in [-0.3, -0.25) is 0 Å². The first-order valence-corrected chi connectivity index (χ1v) is 10.5. The van der Waals surface area contributed by atoms with E-state index in [1.54, 1.807) is 0 Å². The molecule has 2 aliphatic rings. The zero-order valence-electron chi connectivity index (χ0n) is 16.3. The smallest absolute Gasteiger partial charge is 0.0199 e. The van der Waals surface area contributed by atoms with Crippen LogP contribution in [0.4, 0.5) is 0 Å². The molecule has 0 atom stereocenters. The molecular formula is C21H42N2. The molecule has 2 rings (SSSR count). The molecule has 0 aromatic carbocycles. The molecule has 0 radical (unpaired) electrons. The minimum absolute atomic E-state index is 0.407. The van der Waals surface area contributed by atoms with Crippen molar-refractivity contribution in [2.45, 2.75) is 109 Å². The Morgan fingerprint density at radius 1 is 0.609 bits per heavy atom. The minimum Gasteiger partial charge on any atom is -0.311 e. The van der Waals surface area contributed by atoms with Gasteiger partial charge in [-0.1, -0.05) is 66.2 Å². The molecule has 2 saturated carbocycles. The lowest BCUT2D eigenvalue weighted by molar-refractivity contribution is 0.112. The van der Waals surface area contributed by atoms with E-state index in [0.29, 0.717) is 11.1 Å². The van der Waals surface area contributed by atoms with Gasteiger partial charge < -0.3 is 10.6 Å². The summed E-state index contributed by atoms with van der Waals surface area (Å²) in [5, 5.41) is 8.11. The lowest BCUT2D eigenvalue weighted by atomic mass is 9.68. The van der Waals surface area contributed by atoms with Crippen LogP contribution in [0.3, 0.4) is 0 Å². The van der Waals surface area contributed by atoms with Crippen LogP contribution in [0.25, 0.3) is 0 Å². The SMILES string of the molecule is CC(C)CNC1(CC2(NCC(C)C)CCCCC2)CCCCC1. The van der Waals surface area contributed by atoms with Gasteiger partial charge in [0.15, 0.2) is 0 Å². The summed E-state index contributed by atoms with van der Waals surface area (Å²) >= 11 is 0. The quantitative estimate of drug-likeness (QED) is 0.636. The van der Waals surface area contributed by atoms with Crippen molar-refractivity contribution in [2.24, 2.45) is 11.8 Å². The molecule has 0 saturated heterocycles. The molecular weight excluding hydrogens is 280 g/mol. The van der Waals surface area contributed by atoms with Gasteiger partial charge in [0.2, 0.25) is 0 Å². The van der Waals surface area contributed by atoms with Crippen LogP contribution in [-0.4, -0.2) is 24.2 Å². The molecule has 0 aliphatic heterocycles. The molecule has 0 unspecified atom stereocenters. The average molecular weight is 323 g/mol. The van der Waals surface area contributed by atoms with Crippen molar-refractivity contribution in [1.82, 2.24) is 10.6 Å². The number of nitrogens with one attached hydrogen (secondary N) is 2. The summed E-state index contributed by atoms with van der Waals surface area (Å²) in [4.78, 5) is 0. The second-order valence-electron chi connectivity index (χ2n) is 9.41. The molecule has 2 fully saturated rings. The maximum atomic E-state index is 4.05. The van der Waals surface area contributed by atoms with Gasteiger partial charge in [-0.25, -0.2) is 0 Å². The van der Waals surface area contributed by atoms with E-state index in [4.69, 9.17) is 0 Å². The van der Waals surface area contributed by atoms with Gasteiger partial charge in [-0.05, 0) is 57.0 Å². The normalized spacial score (nSPS) is 24.3. The van der Waals surface area contributed by atoms with E-state index in [2.05, 4.69) is 38.3 Å². The average Bonchev–Trinajstić information content (AvgIpc) is 2.53. The Kier molecular flexibility index (Phi) is 7.41. The lowest BCUT2D eigenvalue weighted by Crippen LogP contribution is -2.58. The van der Waals surface area contributed by atoms with Crippen molar-refractivity contribution in [3.8, 4) is 0 Å². The van der Waals surface area contributed by atoms with Crippen molar-refractivity contribution >= 4 is 0 Å². The molecule has 23 heavy (non-hydrogen) atoms. The number of rotatable bonds is 8. The summed E-state index contributed by atoms with van der Waals surface area (Å²) in [6.45, 7) is 11.7. The highest BCUT2D eigenvalue weighted by Crippen LogP contribution is 2.41. The van der Waals surface area contributed by atoms with Gasteiger partial charge in [0.05, 0.1) is 0 Å². The van der Waals surface area contributed by atoms with Crippen molar-refractivity contribution in [1.29, 1.82) is 0 Å². The van der Waals surface area contributed by atoms with Gasteiger partial charge >= 0.3 is 0 Å². The summed E-state index contributed by atoms with van der Waals surface area (Å²) in [5.41, 5.74) is 0.813. The predicted octanol–water partition coefficient (Wildman–Crippen LogP) is 5.27. The van der Waals surface area contributed by atoms with Gasteiger partial charge in [0, 0.05) is 11.1 Å². The summed E-state index contributed by atoms with van der Waals surface area (Å²) in [6, 6.07) is 0. The van der Waals surface area contributed by atoms with Gasteiger partial charge in [0.25, 0.3) is 0 Å². The summed E-state index contributed by atoms with van der Waals surface area (Å²) in [5.74, 6) is 1.50. The first kappa shape index (κ1) is 19.2. The third-order valence-electron chi connectivity index (χ3n) is 6.07. The highest BCUT2D eigenvalue weighted by molar-refractivity contribution is 5.02. The molecule has 0 aromatic heterocycles. The zero-order chi connectivity index (χ0) is 16.8. The fourth-order valence-corrected chi connectivity index (χ4v) is 4.78. The standard InChI is InChI=1S/C21H42N2/c1-18(2)15-22-20(11-7-5-8-12-20)17-21(23-16-19(3)4)13-9-6-10-14-21/h18-19,22-23H,5-17H2,1-4H3. The Morgan fingerprint density at radius 2 is 0.957 bits per heavy atom. The van der Waals surface area contributed by atoms with E-state index in [-0.39, 0.29) is 0 Å². The largest absolute Gasteiger partial charge is 0.311 e. The predicted molar refractivity (Wildman–Crippen MR) is 102 cm³/mol. The lowest BCUT2D eigenvalue weighted by Gasteiger charge is -2.49. The Balaban J connectivity index is 2.08. The molecule has 0 aromatic rings. The van der Waals surface area contributed by atoms with Crippen molar-refractivity contribution in [3.63, 3.8) is 0 Å². The Bertz CT molecular complexity index is 291. The maximum absolute atomic E-state index is 4.05. The third kappa shape index (κ3) is 6.05. The number of hydrogen-bond acceptors (Lipinski definition) is 2. The van der Waals surface area contributed by atoms with Crippen LogP contribution in [0, 0.1) is 11.8 Å². The van der Waals surface area contributed by atoms with Crippen molar-refractivity contribution < 1.29 is 0 Å². The first-order valence-electron chi connectivity index (χ1n) is 10.5. The monoisotopic (exact) mass is 322 g/mol. The van der Waals surface area contributed by atoms with Crippen molar-refractivity contribution in [3.05, 3.63) is 0 Å². The van der Waals surface area contributed by atoms with Crippen LogP contribution in [0.15, 0.2) is 0 Å². The molecule has 0 spiro atoms. The Hall–Kier alpha value is -0.0800. The van der Waals surface area contributed by atoms with E-state index >= 15 is 0 Å². The summed E-state index contributed by atoms with van der Waals surface area (Å²) in [6.07, 6.45) is 15.5. The van der Waals surface area contributed by atoms with E-state index in [1.807, 2.05) is 0 Å². The Morgan fingerprint density at radius 3 is 1.26 bits per heavy atom. The van der Waals surface area contributed by atoms with Crippen LogP contribution in [0.5, 0.6) is 0 Å². The molecule has 2 heteroatoms. The Labute approximate surface area is 145 Å². The number of hydrogen-bond donors (Lipinski definition) is 2. The maximum Gasteiger partial charge on any atom is 0.0199 e. The molecule has 136 valence electrons. The zero-order valence-corrected chi connectivity index (χ0v) is 16.3. The minimum atomic E-state index is 0.407. The van der Waals surface area contributed by atoms with E-state index in [9.17, 15) is 0 Å². The summed E-state index contributed by atoms with van der Waals surface area (Å²) in [7, 11) is 0. The first-order chi connectivity index (χ1) is 11.0. The second kappa shape index (κ2) is 8.85. The van der Waals surface area contributed by atoms with E-state index < -0.39 is 0 Å². The fourth-order valence-electron chi connectivity index (χ4n) is 4.78. The van der Waals surface area contributed by atoms with E-state index in [1.165, 1.54) is 83.7 Å². The highest BCUT2D eigenvalue weighted by Gasteiger charge is 2.42. The van der Waals surface area contributed by atoms with Crippen LogP contribution < -0.4 is 10.6 Å². The van der Waals surface area contributed by atoms with Crippen molar-refractivity contribution in [2.75, 3.05) is 13.1 Å². The van der Waals surface area contributed by atoms with Gasteiger partial charge in [0.1, 0.15) is 0 Å². The van der Waals surface area contributed by atoms with Gasteiger partial charge in [-0.15, -0.1) is 0 Å². The molecule has 2 nitrogen and oxygen atoms in total. The third-order valence-corrected chi connectivity index (χ3v) is 6.07. The van der Waals surface area contributed by atoms with Crippen LogP contribution >= 0.6 is 0 Å². The van der Waals surface area contributed by atoms with Crippen LogP contribution in [0.1, 0.15) is 98.3 Å². The molecule has 2 N–H and O–H groups in total. The van der Waals surface area contributed by atoms with Crippen LogP contribution in [0.2, 0.25) is 0 Å². The topological polar surface area (TPSA) is 24.1 Å². The fraction of sp³-hybridized carbons (Fsp3) is 1.00.